The standard InChI is InChI=1S/C21H17BrN2O2/c22-19-13-7-8-16(14-19)15-23-24-20(25)21(26,17-9-3-1-4-10-17)18-11-5-2-6-12-18/h1-15,26H,(H,24,25)/b23-15+. The second-order valence-corrected chi connectivity index (χ2v) is 6.61. The summed E-state index contributed by atoms with van der Waals surface area (Å²) in [6, 6.07) is 25.1. The number of aliphatic hydroxyl groups is 1. The number of carbonyl (C=O) groups excluding carboxylic acids is 1. The van der Waals surface area contributed by atoms with Gasteiger partial charge in [0.1, 0.15) is 0 Å². The molecule has 4 nitrogen and oxygen atoms in total. The minimum atomic E-state index is -1.84. The summed E-state index contributed by atoms with van der Waals surface area (Å²) < 4.78 is 0.915. The quantitative estimate of drug-likeness (QED) is 0.497. The largest absolute Gasteiger partial charge is 0.372 e. The van der Waals surface area contributed by atoms with Gasteiger partial charge in [-0.1, -0.05) is 88.7 Å². The Morgan fingerprint density at radius 2 is 1.50 bits per heavy atom. The smallest absolute Gasteiger partial charge is 0.281 e. The molecule has 0 saturated heterocycles. The minimum absolute atomic E-state index is 0.473. The van der Waals surface area contributed by atoms with Crippen LogP contribution in [0.15, 0.2) is 94.5 Å². The molecule has 0 aliphatic rings. The molecular formula is C21H17BrN2O2. The van der Waals surface area contributed by atoms with Crippen LogP contribution >= 0.6 is 15.9 Å². The number of nitrogens with one attached hydrogen (secondary N) is 1. The Labute approximate surface area is 160 Å². The molecule has 3 rings (SSSR count). The highest BCUT2D eigenvalue weighted by molar-refractivity contribution is 9.10. The van der Waals surface area contributed by atoms with Crippen molar-refractivity contribution in [2.24, 2.45) is 5.10 Å². The van der Waals surface area contributed by atoms with Crippen molar-refractivity contribution >= 4 is 28.1 Å². The summed E-state index contributed by atoms with van der Waals surface area (Å²) in [5, 5.41) is 15.3. The molecule has 0 atom stereocenters. The number of hydrogen-bond donors (Lipinski definition) is 2. The number of hydrogen-bond acceptors (Lipinski definition) is 3. The van der Waals surface area contributed by atoms with Gasteiger partial charge < -0.3 is 5.11 Å². The van der Waals surface area contributed by atoms with Crippen LogP contribution in [0.4, 0.5) is 0 Å². The Bertz CT molecular complexity index is 872. The second-order valence-electron chi connectivity index (χ2n) is 5.70. The van der Waals surface area contributed by atoms with E-state index in [0.717, 1.165) is 10.0 Å². The summed E-state index contributed by atoms with van der Waals surface area (Å²) in [5.74, 6) is -0.624. The number of carbonyl (C=O) groups is 1. The summed E-state index contributed by atoms with van der Waals surface area (Å²) in [4.78, 5) is 12.8. The topological polar surface area (TPSA) is 61.7 Å². The van der Waals surface area contributed by atoms with Gasteiger partial charge in [0.15, 0.2) is 5.60 Å². The first-order valence-corrected chi connectivity index (χ1v) is 8.82. The molecule has 0 unspecified atom stereocenters. The molecule has 130 valence electrons. The minimum Gasteiger partial charge on any atom is -0.372 e. The zero-order valence-electron chi connectivity index (χ0n) is 13.8. The maximum absolute atomic E-state index is 12.8. The van der Waals surface area contributed by atoms with Crippen LogP contribution in [-0.4, -0.2) is 17.2 Å². The van der Waals surface area contributed by atoms with Crippen LogP contribution in [0.1, 0.15) is 16.7 Å². The molecule has 0 spiro atoms. The van der Waals surface area contributed by atoms with Gasteiger partial charge >= 0.3 is 0 Å². The summed E-state index contributed by atoms with van der Waals surface area (Å²) in [6.45, 7) is 0. The molecule has 26 heavy (non-hydrogen) atoms. The van der Waals surface area contributed by atoms with E-state index in [9.17, 15) is 9.90 Å². The van der Waals surface area contributed by atoms with Crippen LogP contribution in [0.2, 0.25) is 0 Å². The highest BCUT2D eigenvalue weighted by atomic mass is 79.9. The van der Waals surface area contributed by atoms with Crippen LogP contribution in [-0.2, 0) is 10.4 Å². The normalized spacial score (nSPS) is 11.5. The molecule has 0 aromatic heterocycles. The fourth-order valence-electron chi connectivity index (χ4n) is 2.62. The second kappa shape index (κ2) is 8.08. The lowest BCUT2D eigenvalue weighted by atomic mass is 9.85. The van der Waals surface area contributed by atoms with Gasteiger partial charge in [0.2, 0.25) is 0 Å². The zero-order valence-corrected chi connectivity index (χ0v) is 15.4. The van der Waals surface area contributed by atoms with Crippen molar-refractivity contribution in [1.82, 2.24) is 5.43 Å². The van der Waals surface area contributed by atoms with E-state index in [1.807, 2.05) is 36.4 Å². The molecule has 0 bridgehead atoms. The Balaban J connectivity index is 1.89. The lowest BCUT2D eigenvalue weighted by molar-refractivity contribution is -0.136. The number of rotatable bonds is 5. The van der Waals surface area contributed by atoms with Gasteiger partial charge in [-0.2, -0.15) is 5.10 Å². The Hall–Kier alpha value is -2.76. The number of halogens is 1. The first-order valence-electron chi connectivity index (χ1n) is 8.03. The maximum Gasteiger partial charge on any atom is 0.281 e. The van der Waals surface area contributed by atoms with Crippen LogP contribution in [0.3, 0.4) is 0 Å². The van der Waals surface area contributed by atoms with Crippen LogP contribution in [0.5, 0.6) is 0 Å². The van der Waals surface area contributed by atoms with E-state index in [0.29, 0.717) is 11.1 Å². The Morgan fingerprint density at radius 1 is 0.923 bits per heavy atom. The fourth-order valence-corrected chi connectivity index (χ4v) is 3.04. The summed E-state index contributed by atoms with van der Waals surface area (Å²) >= 11 is 3.39. The van der Waals surface area contributed by atoms with E-state index in [2.05, 4.69) is 26.5 Å². The van der Waals surface area contributed by atoms with E-state index in [1.165, 1.54) is 6.21 Å². The highest BCUT2D eigenvalue weighted by Crippen LogP contribution is 2.29. The molecule has 0 fully saturated rings. The van der Waals surface area contributed by atoms with Crippen LogP contribution in [0.25, 0.3) is 0 Å². The molecule has 0 saturated carbocycles. The molecule has 0 radical (unpaired) electrons. The van der Waals surface area contributed by atoms with E-state index in [1.54, 1.807) is 48.5 Å². The van der Waals surface area contributed by atoms with Crippen molar-refractivity contribution in [2.45, 2.75) is 5.60 Å². The molecule has 5 heteroatoms. The SMILES string of the molecule is O=C(N/N=C/c1cccc(Br)c1)C(O)(c1ccccc1)c1ccccc1. The molecular weight excluding hydrogens is 392 g/mol. The van der Waals surface area contributed by atoms with Crippen LogP contribution in [0, 0.1) is 0 Å². The lowest BCUT2D eigenvalue weighted by Crippen LogP contribution is -2.43. The van der Waals surface area contributed by atoms with Crippen molar-refractivity contribution in [2.75, 3.05) is 0 Å². The number of hydrazone groups is 1. The first-order chi connectivity index (χ1) is 12.6. The molecule has 0 aliphatic carbocycles. The van der Waals surface area contributed by atoms with Gasteiger partial charge in [-0.3, -0.25) is 4.79 Å². The van der Waals surface area contributed by atoms with Gasteiger partial charge in [-0.25, -0.2) is 5.43 Å². The lowest BCUT2D eigenvalue weighted by Gasteiger charge is -2.27. The van der Waals surface area contributed by atoms with Crippen molar-refractivity contribution in [3.8, 4) is 0 Å². The molecule has 0 aliphatic heterocycles. The van der Waals surface area contributed by atoms with E-state index < -0.39 is 11.5 Å². The average molecular weight is 409 g/mol. The van der Waals surface area contributed by atoms with Gasteiger partial charge in [0.05, 0.1) is 6.21 Å². The van der Waals surface area contributed by atoms with E-state index >= 15 is 0 Å². The van der Waals surface area contributed by atoms with Gasteiger partial charge in [-0.05, 0) is 28.8 Å². The number of amides is 1. The Morgan fingerprint density at radius 3 is 2.04 bits per heavy atom. The van der Waals surface area contributed by atoms with E-state index in [-0.39, 0.29) is 0 Å². The highest BCUT2D eigenvalue weighted by Gasteiger charge is 2.39. The van der Waals surface area contributed by atoms with Crippen molar-refractivity contribution in [1.29, 1.82) is 0 Å². The molecule has 2 N–H and O–H groups in total. The third kappa shape index (κ3) is 3.90. The summed E-state index contributed by atoms with van der Waals surface area (Å²) in [5.41, 5.74) is 2.39. The molecule has 3 aromatic carbocycles. The zero-order chi connectivity index (χ0) is 18.4. The van der Waals surface area contributed by atoms with Gasteiger partial charge in [0, 0.05) is 4.47 Å². The molecule has 1 amide bonds. The number of benzene rings is 3. The van der Waals surface area contributed by atoms with E-state index in [4.69, 9.17) is 0 Å². The number of nitrogens with zero attached hydrogens (tertiary/aromatic N) is 1. The summed E-state index contributed by atoms with van der Waals surface area (Å²) in [6.07, 6.45) is 1.53. The van der Waals surface area contributed by atoms with Gasteiger partial charge in [0.25, 0.3) is 5.91 Å². The maximum atomic E-state index is 12.8. The monoisotopic (exact) mass is 408 g/mol. The predicted octanol–water partition coefficient (Wildman–Crippen LogP) is 3.84. The van der Waals surface area contributed by atoms with Gasteiger partial charge in [-0.15, -0.1) is 0 Å². The summed E-state index contributed by atoms with van der Waals surface area (Å²) in [7, 11) is 0. The third-order valence-electron chi connectivity index (χ3n) is 3.94. The Kier molecular flexibility index (Phi) is 5.61. The average Bonchev–Trinajstić information content (AvgIpc) is 2.68. The van der Waals surface area contributed by atoms with Crippen molar-refractivity contribution in [3.63, 3.8) is 0 Å². The molecule has 3 aromatic rings. The molecule has 0 heterocycles. The first kappa shape index (κ1) is 18.0. The third-order valence-corrected chi connectivity index (χ3v) is 4.43. The van der Waals surface area contributed by atoms with Crippen molar-refractivity contribution < 1.29 is 9.90 Å². The van der Waals surface area contributed by atoms with Crippen molar-refractivity contribution in [3.05, 3.63) is 106 Å². The predicted molar refractivity (Wildman–Crippen MR) is 106 cm³/mol. The fraction of sp³-hybridized carbons (Fsp3) is 0.0476. The van der Waals surface area contributed by atoms with Crippen LogP contribution < -0.4 is 5.43 Å².